The van der Waals surface area contributed by atoms with Gasteiger partial charge in [-0.3, -0.25) is 0 Å². The molecule has 2 atom stereocenters. The molecule has 0 saturated heterocycles. The number of nitrogens with one attached hydrogen (secondary N) is 1. The summed E-state index contributed by atoms with van der Waals surface area (Å²) in [6, 6.07) is 0.139. The van der Waals surface area contributed by atoms with Crippen LogP contribution in [0.25, 0.3) is 0 Å². The molecule has 0 bridgehead atoms. The van der Waals surface area contributed by atoms with Crippen LogP contribution in [-0.2, 0) is 9.84 Å². The first-order valence-electron chi connectivity index (χ1n) is 5.88. The van der Waals surface area contributed by atoms with Crippen LogP contribution >= 0.6 is 15.9 Å². The van der Waals surface area contributed by atoms with Gasteiger partial charge >= 0.3 is 0 Å². The predicted molar refractivity (Wildman–Crippen MR) is 74.2 cm³/mol. The highest BCUT2D eigenvalue weighted by atomic mass is 79.9. The fourth-order valence-corrected chi connectivity index (χ4v) is 3.62. The Kier molecular flexibility index (Phi) is 4.21. The number of rotatable bonds is 3. The molecule has 1 aliphatic carbocycles. The first-order valence-corrected chi connectivity index (χ1v) is 8.63. The van der Waals surface area contributed by atoms with Gasteiger partial charge in [0.15, 0.2) is 0 Å². The zero-order valence-electron chi connectivity index (χ0n) is 10.1. The van der Waals surface area contributed by atoms with E-state index in [0.717, 1.165) is 23.7 Å². The molecule has 100 valence electrons. The van der Waals surface area contributed by atoms with Crippen LogP contribution in [0.1, 0.15) is 25.7 Å². The molecule has 0 spiro atoms. The van der Waals surface area contributed by atoms with Crippen molar-refractivity contribution in [3.8, 4) is 0 Å². The van der Waals surface area contributed by atoms with E-state index in [1.165, 1.54) is 6.26 Å². The molecule has 7 heteroatoms. The maximum absolute atomic E-state index is 11.6. The van der Waals surface area contributed by atoms with Gasteiger partial charge in [-0.1, -0.05) is 6.42 Å². The third-order valence-electron chi connectivity index (χ3n) is 3.19. The number of hydrogen-bond acceptors (Lipinski definition) is 5. The summed E-state index contributed by atoms with van der Waals surface area (Å²) in [4.78, 5) is 8.28. The molecule has 18 heavy (non-hydrogen) atoms. The number of aromatic nitrogens is 2. The van der Waals surface area contributed by atoms with Gasteiger partial charge in [-0.15, -0.1) is 0 Å². The van der Waals surface area contributed by atoms with Gasteiger partial charge in [0.1, 0.15) is 9.84 Å². The number of nitrogens with zero attached hydrogens (tertiary/aromatic N) is 2. The average molecular weight is 334 g/mol. The lowest BCUT2D eigenvalue weighted by atomic mass is 9.95. The third kappa shape index (κ3) is 3.65. The molecular formula is C11H16BrN3O2S. The van der Waals surface area contributed by atoms with E-state index in [9.17, 15) is 8.42 Å². The minimum Gasteiger partial charge on any atom is -0.351 e. The Morgan fingerprint density at radius 3 is 2.61 bits per heavy atom. The fraction of sp³-hybridized carbons (Fsp3) is 0.636. The number of anilines is 1. The Labute approximate surface area is 115 Å². The lowest BCUT2D eigenvalue weighted by Gasteiger charge is -2.28. The van der Waals surface area contributed by atoms with Crippen LogP contribution in [0.5, 0.6) is 0 Å². The second-order valence-electron chi connectivity index (χ2n) is 4.68. The average Bonchev–Trinajstić information content (AvgIpc) is 2.31. The summed E-state index contributed by atoms with van der Waals surface area (Å²) < 4.78 is 24.0. The Morgan fingerprint density at radius 1 is 1.33 bits per heavy atom. The summed E-state index contributed by atoms with van der Waals surface area (Å²) in [6.45, 7) is 0. The molecule has 0 aromatic carbocycles. The van der Waals surface area contributed by atoms with Crippen molar-refractivity contribution in [1.29, 1.82) is 0 Å². The summed E-state index contributed by atoms with van der Waals surface area (Å²) in [7, 11) is -2.95. The van der Waals surface area contributed by atoms with Crippen molar-refractivity contribution in [3.05, 3.63) is 16.9 Å². The van der Waals surface area contributed by atoms with Gasteiger partial charge in [-0.05, 0) is 35.2 Å². The van der Waals surface area contributed by atoms with E-state index in [-0.39, 0.29) is 11.3 Å². The highest BCUT2D eigenvalue weighted by Gasteiger charge is 2.29. The molecule has 1 aromatic heterocycles. The van der Waals surface area contributed by atoms with Gasteiger partial charge in [0.2, 0.25) is 5.95 Å². The van der Waals surface area contributed by atoms with Crippen LogP contribution in [-0.4, -0.2) is 35.9 Å². The summed E-state index contributed by atoms with van der Waals surface area (Å²) >= 11 is 3.27. The number of hydrogen-bond donors (Lipinski definition) is 1. The first-order chi connectivity index (χ1) is 8.45. The molecular weight excluding hydrogens is 318 g/mol. The van der Waals surface area contributed by atoms with Crippen LogP contribution in [0.4, 0.5) is 5.95 Å². The highest BCUT2D eigenvalue weighted by Crippen LogP contribution is 2.25. The number of sulfone groups is 1. The van der Waals surface area contributed by atoms with Gasteiger partial charge in [-0.2, -0.15) is 0 Å². The standard InChI is InChI=1S/C11H16BrN3O2S/c1-18(16,17)10-4-2-3-9(5-10)15-11-13-6-8(12)7-14-11/h6-7,9-10H,2-5H2,1H3,(H,13,14,15)/t9-,10+/m1/s1. The minimum absolute atomic E-state index is 0.139. The first kappa shape index (κ1) is 13.7. The van der Waals surface area contributed by atoms with Crippen LogP contribution in [0.3, 0.4) is 0 Å². The van der Waals surface area contributed by atoms with Gasteiger partial charge < -0.3 is 5.32 Å². The van der Waals surface area contributed by atoms with Crippen molar-refractivity contribution in [3.63, 3.8) is 0 Å². The predicted octanol–water partition coefficient (Wildman–Crippen LogP) is 2.01. The molecule has 1 heterocycles. The molecule has 2 rings (SSSR count). The normalized spacial score (nSPS) is 24.8. The topological polar surface area (TPSA) is 72.0 Å². The molecule has 0 unspecified atom stereocenters. The zero-order chi connectivity index (χ0) is 13.2. The SMILES string of the molecule is CS(=O)(=O)[C@H]1CCC[C@@H](Nc2ncc(Br)cn2)C1. The Morgan fingerprint density at radius 2 is 2.00 bits per heavy atom. The van der Waals surface area contributed by atoms with E-state index in [2.05, 4.69) is 31.2 Å². The zero-order valence-corrected chi connectivity index (χ0v) is 12.5. The van der Waals surface area contributed by atoms with E-state index in [4.69, 9.17) is 0 Å². The smallest absolute Gasteiger partial charge is 0.222 e. The third-order valence-corrected chi connectivity index (χ3v) is 5.23. The van der Waals surface area contributed by atoms with Gasteiger partial charge in [0.25, 0.3) is 0 Å². The Bertz CT molecular complexity index is 504. The van der Waals surface area contributed by atoms with Crippen LogP contribution in [0, 0.1) is 0 Å². The molecule has 0 radical (unpaired) electrons. The monoisotopic (exact) mass is 333 g/mol. The summed E-state index contributed by atoms with van der Waals surface area (Å²) in [6.07, 6.45) is 7.95. The van der Waals surface area contributed by atoms with E-state index >= 15 is 0 Å². The van der Waals surface area contributed by atoms with Gasteiger partial charge in [-0.25, -0.2) is 18.4 Å². The maximum Gasteiger partial charge on any atom is 0.222 e. The molecule has 1 aliphatic rings. The molecule has 5 nitrogen and oxygen atoms in total. The molecule has 1 saturated carbocycles. The second-order valence-corrected chi connectivity index (χ2v) is 7.93. The van der Waals surface area contributed by atoms with Crippen molar-refractivity contribution in [2.45, 2.75) is 37.0 Å². The Balaban J connectivity index is 2.00. The summed E-state index contributed by atoms with van der Waals surface area (Å²) in [5.41, 5.74) is 0. The lowest BCUT2D eigenvalue weighted by Crippen LogP contribution is -2.34. The lowest BCUT2D eigenvalue weighted by molar-refractivity contribution is 0.451. The van der Waals surface area contributed by atoms with Crippen molar-refractivity contribution in [2.75, 3.05) is 11.6 Å². The maximum atomic E-state index is 11.6. The fourth-order valence-electron chi connectivity index (χ4n) is 2.23. The Hall–Kier alpha value is -0.690. The second kappa shape index (κ2) is 5.52. The van der Waals surface area contributed by atoms with Crippen molar-refractivity contribution < 1.29 is 8.42 Å². The summed E-state index contributed by atoms with van der Waals surface area (Å²) in [5.74, 6) is 0.553. The molecule has 1 fully saturated rings. The minimum atomic E-state index is -2.95. The molecule has 0 aliphatic heterocycles. The molecule has 0 amide bonds. The molecule has 1 N–H and O–H groups in total. The van der Waals surface area contributed by atoms with Gasteiger partial charge in [0, 0.05) is 24.7 Å². The van der Waals surface area contributed by atoms with E-state index in [1.54, 1.807) is 12.4 Å². The van der Waals surface area contributed by atoms with Crippen LogP contribution < -0.4 is 5.32 Å². The quantitative estimate of drug-likeness (QED) is 0.915. The van der Waals surface area contributed by atoms with Crippen molar-refractivity contribution in [1.82, 2.24) is 9.97 Å². The largest absolute Gasteiger partial charge is 0.351 e. The van der Waals surface area contributed by atoms with E-state index in [0.29, 0.717) is 12.4 Å². The van der Waals surface area contributed by atoms with E-state index in [1.807, 2.05) is 0 Å². The van der Waals surface area contributed by atoms with Crippen molar-refractivity contribution >= 4 is 31.7 Å². The summed E-state index contributed by atoms with van der Waals surface area (Å²) in [5, 5.41) is 2.97. The van der Waals surface area contributed by atoms with Crippen LogP contribution in [0.2, 0.25) is 0 Å². The van der Waals surface area contributed by atoms with Crippen molar-refractivity contribution in [2.24, 2.45) is 0 Å². The van der Waals surface area contributed by atoms with E-state index < -0.39 is 9.84 Å². The van der Waals surface area contributed by atoms with Gasteiger partial charge in [0.05, 0.1) is 9.72 Å². The number of halogens is 1. The van der Waals surface area contributed by atoms with Crippen LogP contribution in [0.15, 0.2) is 16.9 Å². The molecule has 1 aromatic rings. The highest BCUT2D eigenvalue weighted by molar-refractivity contribution is 9.10.